The van der Waals surface area contributed by atoms with Crippen molar-refractivity contribution in [3.8, 4) is 5.75 Å². The predicted octanol–water partition coefficient (Wildman–Crippen LogP) is 1.91. The number of nitrogens with zero attached hydrogens (tertiary/aromatic N) is 1. The van der Waals surface area contributed by atoms with Gasteiger partial charge >= 0.3 is 0 Å². The molecule has 0 unspecified atom stereocenters. The fraction of sp³-hybridized carbons (Fsp3) is 0.462. The van der Waals surface area contributed by atoms with Gasteiger partial charge in [0.1, 0.15) is 5.75 Å². The predicted molar refractivity (Wildman–Crippen MR) is 72.9 cm³/mol. The third kappa shape index (κ3) is 4.94. The Morgan fingerprint density at radius 2 is 2.06 bits per heavy atom. The normalized spacial score (nSPS) is 12.0. The molecule has 0 aromatic heterocycles. The summed E-state index contributed by atoms with van der Waals surface area (Å²) in [5.74, 6) is 0.724. The minimum absolute atomic E-state index is 0.0542. The number of rotatable bonds is 6. The highest BCUT2D eigenvalue weighted by atomic mass is 35.5. The molecule has 2 N–H and O–H groups in total. The molecule has 0 aliphatic carbocycles. The molecule has 0 radical (unpaired) electrons. The number of hydrogen-bond donors (Lipinski definition) is 1. The molecule has 4 nitrogen and oxygen atoms in total. The maximum atomic E-state index is 11.5. The lowest BCUT2D eigenvalue weighted by Crippen LogP contribution is -2.40. The SMILES string of the molecule is C[C@@H](N)C(=O)N(C)CCCOc1ccc(Cl)cc1. The molecule has 1 atom stereocenters. The molecule has 0 saturated heterocycles. The molecule has 0 bridgehead atoms. The highest BCUT2D eigenvalue weighted by molar-refractivity contribution is 6.30. The van der Waals surface area contributed by atoms with Crippen LogP contribution in [0.15, 0.2) is 24.3 Å². The third-order valence-electron chi connectivity index (χ3n) is 2.49. The van der Waals surface area contributed by atoms with Crippen molar-refractivity contribution in [2.75, 3.05) is 20.2 Å². The fourth-order valence-electron chi connectivity index (χ4n) is 1.48. The standard InChI is InChI=1S/C13H19ClN2O2/c1-10(15)13(17)16(2)8-3-9-18-12-6-4-11(14)5-7-12/h4-7,10H,3,8-9,15H2,1-2H3/t10-/m1/s1. The summed E-state index contributed by atoms with van der Waals surface area (Å²) in [6, 6.07) is 6.75. The summed E-state index contributed by atoms with van der Waals surface area (Å²) in [4.78, 5) is 13.1. The average molecular weight is 271 g/mol. The van der Waals surface area contributed by atoms with Crippen LogP contribution in [0.3, 0.4) is 0 Å². The molecule has 5 heteroatoms. The number of hydrogen-bond acceptors (Lipinski definition) is 3. The Labute approximate surface area is 113 Å². The van der Waals surface area contributed by atoms with Gasteiger partial charge in [0.25, 0.3) is 0 Å². The van der Waals surface area contributed by atoms with E-state index in [-0.39, 0.29) is 5.91 Å². The van der Waals surface area contributed by atoms with Gasteiger partial charge in [0.05, 0.1) is 12.6 Å². The molecule has 0 aliphatic rings. The van der Waals surface area contributed by atoms with E-state index in [1.54, 1.807) is 31.0 Å². The molecule has 1 aromatic carbocycles. The van der Waals surface area contributed by atoms with Gasteiger partial charge in [-0.25, -0.2) is 0 Å². The molecular formula is C13H19ClN2O2. The summed E-state index contributed by atoms with van der Waals surface area (Å²) < 4.78 is 5.52. The topological polar surface area (TPSA) is 55.6 Å². The molecule has 100 valence electrons. The van der Waals surface area contributed by atoms with Gasteiger partial charge in [-0.05, 0) is 37.6 Å². The summed E-state index contributed by atoms with van der Waals surface area (Å²) in [7, 11) is 1.74. The van der Waals surface area contributed by atoms with Gasteiger partial charge in [0.2, 0.25) is 5.91 Å². The lowest BCUT2D eigenvalue weighted by Gasteiger charge is -2.19. The molecule has 0 fully saturated rings. The first kappa shape index (κ1) is 14.8. The fourth-order valence-corrected chi connectivity index (χ4v) is 1.61. The number of ether oxygens (including phenoxy) is 1. The number of likely N-dealkylation sites (N-methyl/N-ethyl adjacent to an activating group) is 1. The Morgan fingerprint density at radius 1 is 1.44 bits per heavy atom. The first-order valence-corrected chi connectivity index (χ1v) is 6.27. The number of halogens is 1. The van der Waals surface area contributed by atoms with Crippen molar-refractivity contribution in [1.82, 2.24) is 4.90 Å². The van der Waals surface area contributed by atoms with Gasteiger partial charge in [0, 0.05) is 18.6 Å². The maximum Gasteiger partial charge on any atom is 0.238 e. The zero-order chi connectivity index (χ0) is 13.5. The van der Waals surface area contributed by atoms with E-state index in [1.807, 2.05) is 12.1 Å². The minimum atomic E-state index is -0.452. The van der Waals surface area contributed by atoms with Gasteiger partial charge < -0.3 is 15.4 Å². The van der Waals surface area contributed by atoms with Crippen molar-refractivity contribution in [2.45, 2.75) is 19.4 Å². The molecule has 0 heterocycles. The quantitative estimate of drug-likeness (QED) is 0.804. The van der Waals surface area contributed by atoms with Crippen molar-refractivity contribution < 1.29 is 9.53 Å². The minimum Gasteiger partial charge on any atom is -0.494 e. The van der Waals surface area contributed by atoms with Crippen molar-refractivity contribution in [3.05, 3.63) is 29.3 Å². The zero-order valence-corrected chi connectivity index (χ0v) is 11.5. The first-order chi connectivity index (χ1) is 8.50. The van der Waals surface area contributed by atoms with Gasteiger partial charge in [-0.2, -0.15) is 0 Å². The molecule has 0 spiro atoms. The van der Waals surface area contributed by atoms with Crippen LogP contribution in [0.1, 0.15) is 13.3 Å². The first-order valence-electron chi connectivity index (χ1n) is 5.89. The smallest absolute Gasteiger partial charge is 0.238 e. The van der Waals surface area contributed by atoms with E-state index in [4.69, 9.17) is 22.1 Å². The number of benzene rings is 1. The second kappa shape index (κ2) is 7.24. The van der Waals surface area contributed by atoms with Crippen molar-refractivity contribution in [3.63, 3.8) is 0 Å². The van der Waals surface area contributed by atoms with Crippen LogP contribution >= 0.6 is 11.6 Å². The monoisotopic (exact) mass is 270 g/mol. The summed E-state index contributed by atoms with van der Waals surface area (Å²) >= 11 is 5.77. The summed E-state index contributed by atoms with van der Waals surface area (Å²) in [5, 5.41) is 0.685. The Bertz CT molecular complexity index is 379. The summed E-state index contributed by atoms with van der Waals surface area (Å²) in [5.41, 5.74) is 5.51. The van der Waals surface area contributed by atoms with Gasteiger partial charge in [0.15, 0.2) is 0 Å². The second-order valence-corrected chi connectivity index (χ2v) is 4.64. The molecule has 1 rings (SSSR count). The van der Waals surface area contributed by atoms with Crippen LogP contribution in [-0.2, 0) is 4.79 Å². The van der Waals surface area contributed by atoms with Crippen LogP contribution in [0.4, 0.5) is 0 Å². The Morgan fingerprint density at radius 3 is 2.61 bits per heavy atom. The summed E-state index contributed by atoms with van der Waals surface area (Å²) in [6.45, 7) is 2.87. The lowest BCUT2D eigenvalue weighted by molar-refractivity contribution is -0.130. The Hall–Kier alpha value is -1.26. The molecule has 18 heavy (non-hydrogen) atoms. The largest absolute Gasteiger partial charge is 0.494 e. The van der Waals surface area contributed by atoms with Crippen molar-refractivity contribution in [2.24, 2.45) is 5.73 Å². The average Bonchev–Trinajstić information content (AvgIpc) is 2.35. The number of carbonyl (C=O) groups is 1. The van der Waals surface area contributed by atoms with Crippen molar-refractivity contribution in [1.29, 1.82) is 0 Å². The van der Waals surface area contributed by atoms with Crippen LogP contribution in [0.25, 0.3) is 0 Å². The van der Waals surface area contributed by atoms with E-state index in [0.717, 1.165) is 12.2 Å². The molecule has 0 saturated carbocycles. The Kier molecular flexibility index (Phi) is 5.95. The van der Waals surface area contributed by atoms with Crippen LogP contribution < -0.4 is 10.5 Å². The molecule has 1 amide bonds. The van der Waals surface area contributed by atoms with Gasteiger partial charge in [-0.3, -0.25) is 4.79 Å². The van der Waals surface area contributed by atoms with E-state index in [1.165, 1.54) is 0 Å². The van der Waals surface area contributed by atoms with Gasteiger partial charge in [-0.15, -0.1) is 0 Å². The van der Waals surface area contributed by atoms with Crippen LogP contribution in [-0.4, -0.2) is 37.0 Å². The number of nitrogens with two attached hydrogens (primary N) is 1. The van der Waals surface area contributed by atoms with E-state index < -0.39 is 6.04 Å². The van der Waals surface area contributed by atoms with Crippen LogP contribution in [0.5, 0.6) is 5.75 Å². The molecular weight excluding hydrogens is 252 g/mol. The van der Waals surface area contributed by atoms with Gasteiger partial charge in [-0.1, -0.05) is 11.6 Å². The van der Waals surface area contributed by atoms with E-state index >= 15 is 0 Å². The lowest BCUT2D eigenvalue weighted by atomic mass is 10.3. The van der Waals surface area contributed by atoms with E-state index in [0.29, 0.717) is 18.2 Å². The zero-order valence-electron chi connectivity index (χ0n) is 10.7. The number of carbonyl (C=O) groups excluding carboxylic acids is 1. The van der Waals surface area contributed by atoms with E-state index in [2.05, 4.69) is 0 Å². The highest BCUT2D eigenvalue weighted by Crippen LogP contribution is 2.15. The van der Waals surface area contributed by atoms with Crippen LogP contribution in [0, 0.1) is 0 Å². The van der Waals surface area contributed by atoms with E-state index in [9.17, 15) is 4.79 Å². The summed E-state index contributed by atoms with van der Waals surface area (Å²) in [6.07, 6.45) is 0.761. The number of amides is 1. The molecule has 1 aromatic rings. The Balaban J connectivity index is 2.22. The third-order valence-corrected chi connectivity index (χ3v) is 2.74. The highest BCUT2D eigenvalue weighted by Gasteiger charge is 2.12. The van der Waals surface area contributed by atoms with Crippen molar-refractivity contribution >= 4 is 17.5 Å². The molecule has 0 aliphatic heterocycles. The van der Waals surface area contributed by atoms with Crippen LogP contribution in [0.2, 0.25) is 5.02 Å². The second-order valence-electron chi connectivity index (χ2n) is 4.20. The maximum absolute atomic E-state index is 11.5.